The number of methoxy groups -OCH3 is 1. The molecular weight excluding hydrogens is 397 g/mol. The highest BCUT2D eigenvalue weighted by atomic mass is 19.4. The number of anilines is 2. The third kappa shape index (κ3) is 5.31. The number of nitrogens with zero attached hydrogens (tertiary/aromatic N) is 1. The van der Waals surface area contributed by atoms with Crippen LogP contribution in [-0.4, -0.2) is 23.3 Å². The van der Waals surface area contributed by atoms with Gasteiger partial charge >= 0.3 is 12.2 Å². The Hall–Kier alpha value is -3.49. The number of rotatable bonds is 6. The van der Waals surface area contributed by atoms with Crippen molar-refractivity contribution >= 4 is 17.4 Å². The second-order valence-corrected chi connectivity index (χ2v) is 6.67. The van der Waals surface area contributed by atoms with Gasteiger partial charge in [0.15, 0.2) is 0 Å². The monoisotopic (exact) mass is 418 g/mol. The van der Waals surface area contributed by atoms with E-state index >= 15 is 0 Å². The Morgan fingerprint density at radius 1 is 1.03 bits per heavy atom. The Morgan fingerprint density at radius 2 is 1.70 bits per heavy atom. The zero-order valence-corrected chi connectivity index (χ0v) is 16.4. The number of benzene rings is 2. The molecule has 158 valence electrons. The number of nitrogens with one attached hydrogen (secondary N) is 3. The molecule has 0 atom stereocenters. The highest BCUT2D eigenvalue weighted by molar-refractivity contribution is 6.00. The van der Waals surface area contributed by atoms with Crippen molar-refractivity contribution in [3.63, 3.8) is 0 Å². The standard InChI is InChI=1S/C21H21F3N4O2/c1-13-19(18(28-27-13)12-5-14-3-10-17(30-2)11-4-14)26-20(29)25-16-8-6-15(7-9-16)21(22,23)24/h3-4,6-11H,5,12H2,1-2H3,(H,27,28)(H2,25,26,29). The van der Waals surface area contributed by atoms with Crippen LogP contribution in [0.3, 0.4) is 0 Å². The minimum atomic E-state index is -4.42. The van der Waals surface area contributed by atoms with Gasteiger partial charge in [-0.2, -0.15) is 18.3 Å². The highest BCUT2D eigenvalue weighted by Gasteiger charge is 2.30. The van der Waals surface area contributed by atoms with Crippen LogP contribution in [-0.2, 0) is 19.0 Å². The van der Waals surface area contributed by atoms with Gasteiger partial charge < -0.3 is 15.4 Å². The van der Waals surface area contributed by atoms with Gasteiger partial charge in [0, 0.05) is 5.69 Å². The lowest BCUT2D eigenvalue weighted by atomic mass is 10.1. The van der Waals surface area contributed by atoms with Crippen LogP contribution in [0, 0.1) is 6.92 Å². The normalized spacial score (nSPS) is 11.2. The Balaban J connectivity index is 1.62. The van der Waals surface area contributed by atoms with Gasteiger partial charge in [0.25, 0.3) is 0 Å². The van der Waals surface area contributed by atoms with Crippen LogP contribution in [0.15, 0.2) is 48.5 Å². The molecule has 3 aromatic rings. The van der Waals surface area contributed by atoms with Crippen molar-refractivity contribution in [3.05, 3.63) is 71.0 Å². The number of aryl methyl sites for hydroxylation is 3. The lowest BCUT2D eigenvalue weighted by Crippen LogP contribution is -2.20. The van der Waals surface area contributed by atoms with Crippen molar-refractivity contribution in [1.82, 2.24) is 10.2 Å². The molecule has 1 aromatic heterocycles. The van der Waals surface area contributed by atoms with Crippen molar-refractivity contribution in [1.29, 1.82) is 0 Å². The summed E-state index contributed by atoms with van der Waals surface area (Å²) in [6, 6.07) is 11.3. The van der Waals surface area contributed by atoms with Crippen molar-refractivity contribution in [2.24, 2.45) is 0 Å². The number of urea groups is 1. The van der Waals surface area contributed by atoms with Crippen molar-refractivity contribution < 1.29 is 22.7 Å². The second kappa shape index (κ2) is 8.89. The molecule has 0 unspecified atom stereocenters. The van der Waals surface area contributed by atoms with Gasteiger partial charge in [0.2, 0.25) is 0 Å². The zero-order chi connectivity index (χ0) is 21.7. The van der Waals surface area contributed by atoms with E-state index in [1.807, 2.05) is 24.3 Å². The van der Waals surface area contributed by atoms with E-state index in [2.05, 4.69) is 20.8 Å². The van der Waals surface area contributed by atoms with Gasteiger partial charge in [-0.05, 0) is 61.7 Å². The Labute approximate surface area is 171 Å². The molecule has 3 rings (SSSR count). The maximum absolute atomic E-state index is 12.6. The number of aromatic nitrogens is 2. The van der Waals surface area contributed by atoms with Crippen LogP contribution < -0.4 is 15.4 Å². The molecular formula is C21H21F3N4O2. The summed E-state index contributed by atoms with van der Waals surface area (Å²) in [5, 5.41) is 12.3. The van der Waals surface area contributed by atoms with Crippen LogP contribution in [0.25, 0.3) is 0 Å². The summed E-state index contributed by atoms with van der Waals surface area (Å²) in [7, 11) is 1.61. The number of ether oxygens (including phenoxy) is 1. The lowest BCUT2D eigenvalue weighted by Gasteiger charge is -2.10. The maximum Gasteiger partial charge on any atom is 0.416 e. The van der Waals surface area contributed by atoms with E-state index in [0.717, 1.165) is 23.4 Å². The van der Waals surface area contributed by atoms with E-state index in [4.69, 9.17) is 4.74 Å². The molecule has 0 saturated carbocycles. The average Bonchev–Trinajstić information content (AvgIpc) is 3.06. The number of aromatic amines is 1. The molecule has 6 nitrogen and oxygen atoms in total. The number of amides is 2. The van der Waals surface area contributed by atoms with E-state index in [1.54, 1.807) is 14.0 Å². The van der Waals surface area contributed by atoms with E-state index in [-0.39, 0.29) is 5.69 Å². The van der Waals surface area contributed by atoms with Crippen molar-refractivity contribution in [2.45, 2.75) is 25.9 Å². The highest BCUT2D eigenvalue weighted by Crippen LogP contribution is 2.30. The number of H-pyrrole nitrogens is 1. The molecule has 0 fully saturated rings. The quantitative estimate of drug-likeness (QED) is 0.516. The molecule has 3 N–H and O–H groups in total. The molecule has 0 aliphatic rings. The van der Waals surface area contributed by atoms with Crippen LogP contribution in [0.1, 0.15) is 22.5 Å². The third-order valence-corrected chi connectivity index (χ3v) is 4.54. The fraction of sp³-hybridized carbons (Fsp3) is 0.238. The number of hydrogen-bond donors (Lipinski definition) is 3. The first kappa shape index (κ1) is 21.2. The van der Waals surface area contributed by atoms with Gasteiger partial charge in [-0.1, -0.05) is 12.1 Å². The van der Waals surface area contributed by atoms with Crippen molar-refractivity contribution in [2.75, 3.05) is 17.7 Å². The fourth-order valence-electron chi connectivity index (χ4n) is 2.90. The summed E-state index contributed by atoms with van der Waals surface area (Å²) >= 11 is 0. The number of alkyl halides is 3. The molecule has 2 amide bonds. The van der Waals surface area contributed by atoms with Crippen LogP contribution in [0.4, 0.5) is 29.3 Å². The molecule has 9 heteroatoms. The first-order valence-electron chi connectivity index (χ1n) is 9.18. The largest absolute Gasteiger partial charge is 0.497 e. The summed E-state index contributed by atoms with van der Waals surface area (Å²) in [5.74, 6) is 0.775. The van der Waals surface area contributed by atoms with E-state index < -0.39 is 17.8 Å². The molecule has 0 bridgehead atoms. The van der Waals surface area contributed by atoms with Gasteiger partial charge in [-0.3, -0.25) is 5.10 Å². The Kier molecular flexibility index (Phi) is 6.29. The minimum absolute atomic E-state index is 0.251. The minimum Gasteiger partial charge on any atom is -0.497 e. The Bertz CT molecular complexity index is 997. The molecule has 0 aliphatic heterocycles. The molecule has 30 heavy (non-hydrogen) atoms. The number of hydrogen-bond acceptors (Lipinski definition) is 3. The maximum atomic E-state index is 12.6. The van der Waals surface area contributed by atoms with E-state index in [0.29, 0.717) is 29.9 Å². The van der Waals surface area contributed by atoms with Gasteiger partial charge in [-0.25, -0.2) is 4.79 Å². The molecule has 0 saturated heterocycles. The average molecular weight is 418 g/mol. The topological polar surface area (TPSA) is 79.0 Å². The fourth-order valence-corrected chi connectivity index (χ4v) is 2.90. The van der Waals surface area contributed by atoms with Gasteiger partial charge in [0.1, 0.15) is 5.75 Å². The van der Waals surface area contributed by atoms with Crippen LogP contribution in [0.2, 0.25) is 0 Å². The first-order valence-corrected chi connectivity index (χ1v) is 9.18. The van der Waals surface area contributed by atoms with Gasteiger partial charge in [-0.15, -0.1) is 0 Å². The molecule has 2 aromatic carbocycles. The Morgan fingerprint density at radius 3 is 2.30 bits per heavy atom. The zero-order valence-electron chi connectivity index (χ0n) is 16.4. The smallest absolute Gasteiger partial charge is 0.416 e. The first-order chi connectivity index (χ1) is 14.3. The number of carbonyl (C=O) groups excluding carboxylic acids is 1. The lowest BCUT2D eigenvalue weighted by molar-refractivity contribution is -0.137. The van der Waals surface area contributed by atoms with Crippen LogP contribution >= 0.6 is 0 Å². The summed E-state index contributed by atoms with van der Waals surface area (Å²) in [6.07, 6.45) is -3.12. The molecule has 0 aliphatic carbocycles. The molecule has 0 radical (unpaired) electrons. The summed E-state index contributed by atoms with van der Waals surface area (Å²) in [5.41, 5.74) is 2.49. The van der Waals surface area contributed by atoms with Gasteiger partial charge in [0.05, 0.1) is 29.7 Å². The molecule has 1 heterocycles. The number of halogens is 3. The number of carbonyl (C=O) groups is 1. The summed E-state index contributed by atoms with van der Waals surface area (Å²) in [4.78, 5) is 12.3. The van der Waals surface area contributed by atoms with E-state index in [9.17, 15) is 18.0 Å². The third-order valence-electron chi connectivity index (χ3n) is 4.54. The second-order valence-electron chi connectivity index (χ2n) is 6.67. The summed E-state index contributed by atoms with van der Waals surface area (Å²) < 4.78 is 43.1. The van der Waals surface area contributed by atoms with Crippen molar-refractivity contribution in [3.8, 4) is 5.75 Å². The predicted octanol–water partition coefficient (Wildman–Crippen LogP) is 5.17. The summed E-state index contributed by atoms with van der Waals surface area (Å²) in [6.45, 7) is 1.78. The van der Waals surface area contributed by atoms with Crippen LogP contribution in [0.5, 0.6) is 5.75 Å². The SMILES string of the molecule is COc1ccc(CCc2n[nH]c(C)c2NC(=O)Nc2ccc(C(F)(F)F)cc2)cc1. The predicted molar refractivity (Wildman–Crippen MR) is 108 cm³/mol. The van der Waals surface area contributed by atoms with E-state index in [1.165, 1.54) is 12.1 Å². The molecule has 0 spiro atoms.